The zero-order valence-corrected chi connectivity index (χ0v) is 10.1. The number of nitrogens with zero attached hydrogens (tertiary/aromatic N) is 1. The number of nitrogens with two attached hydrogens (primary N) is 1. The molecule has 0 fully saturated rings. The predicted octanol–water partition coefficient (Wildman–Crippen LogP) is 3.70. The largest absolute Gasteiger partial charge is 0.398 e. The van der Waals surface area contributed by atoms with Crippen molar-refractivity contribution in [1.29, 1.82) is 0 Å². The van der Waals surface area contributed by atoms with Crippen LogP contribution < -0.4 is 11.1 Å². The van der Waals surface area contributed by atoms with Gasteiger partial charge in [0.15, 0.2) is 0 Å². The minimum atomic E-state index is -0.268. The fraction of sp³-hybridized carbons (Fsp3) is 0. The predicted molar refractivity (Wildman–Crippen MR) is 75.8 cm³/mol. The SMILES string of the molecule is Nc1cccc2ccnc(Nc3ccc(F)cc3)c12. The number of benzene rings is 2. The van der Waals surface area contributed by atoms with E-state index in [-0.39, 0.29) is 5.82 Å². The number of rotatable bonds is 2. The highest BCUT2D eigenvalue weighted by molar-refractivity contribution is 6.01. The van der Waals surface area contributed by atoms with Gasteiger partial charge in [0, 0.05) is 23.0 Å². The molecule has 1 heterocycles. The topological polar surface area (TPSA) is 50.9 Å². The Bertz CT molecular complexity index is 718. The van der Waals surface area contributed by atoms with E-state index in [1.807, 2.05) is 24.3 Å². The van der Waals surface area contributed by atoms with Crippen molar-refractivity contribution in [3.05, 3.63) is 60.5 Å². The molecule has 0 aliphatic carbocycles. The van der Waals surface area contributed by atoms with E-state index in [9.17, 15) is 4.39 Å². The zero-order valence-electron chi connectivity index (χ0n) is 10.1. The molecule has 3 N–H and O–H groups in total. The number of nitrogen functional groups attached to an aromatic ring is 1. The number of hydrogen-bond acceptors (Lipinski definition) is 3. The summed E-state index contributed by atoms with van der Waals surface area (Å²) >= 11 is 0. The van der Waals surface area contributed by atoms with Crippen LogP contribution in [0.3, 0.4) is 0 Å². The van der Waals surface area contributed by atoms with E-state index < -0.39 is 0 Å². The third kappa shape index (κ3) is 2.20. The van der Waals surface area contributed by atoms with Crippen molar-refractivity contribution in [2.24, 2.45) is 0 Å². The Balaban J connectivity index is 2.08. The standard InChI is InChI=1S/C15H12FN3/c16-11-4-6-12(7-5-11)19-15-14-10(8-9-18-15)2-1-3-13(14)17/h1-9H,17H2,(H,18,19). The van der Waals surface area contributed by atoms with Gasteiger partial charge >= 0.3 is 0 Å². The number of fused-ring (bicyclic) bond motifs is 1. The van der Waals surface area contributed by atoms with Crippen molar-refractivity contribution in [1.82, 2.24) is 4.98 Å². The summed E-state index contributed by atoms with van der Waals surface area (Å²) in [5.41, 5.74) is 7.43. The van der Waals surface area contributed by atoms with Crippen LogP contribution in [0, 0.1) is 5.82 Å². The summed E-state index contributed by atoms with van der Waals surface area (Å²) in [6.07, 6.45) is 1.72. The van der Waals surface area contributed by atoms with Crippen LogP contribution in [-0.4, -0.2) is 4.98 Å². The molecule has 3 rings (SSSR count). The molecule has 1 aromatic heterocycles. The van der Waals surface area contributed by atoms with Crippen molar-refractivity contribution in [2.45, 2.75) is 0 Å². The lowest BCUT2D eigenvalue weighted by Crippen LogP contribution is -1.97. The quantitative estimate of drug-likeness (QED) is 0.685. The summed E-state index contributed by atoms with van der Waals surface area (Å²) in [6.45, 7) is 0. The van der Waals surface area contributed by atoms with Crippen LogP contribution in [0.5, 0.6) is 0 Å². The maximum absolute atomic E-state index is 12.9. The van der Waals surface area contributed by atoms with Gasteiger partial charge in [0.1, 0.15) is 11.6 Å². The Labute approximate surface area is 109 Å². The van der Waals surface area contributed by atoms with Crippen LogP contribution in [0.4, 0.5) is 21.6 Å². The first-order chi connectivity index (χ1) is 9.24. The van der Waals surface area contributed by atoms with Crippen LogP contribution in [0.1, 0.15) is 0 Å². The van der Waals surface area contributed by atoms with Gasteiger partial charge in [0.2, 0.25) is 0 Å². The van der Waals surface area contributed by atoms with Gasteiger partial charge in [-0.25, -0.2) is 9.37 Å². The minimum Gasteiger partial charge on any atom is -0.398 e. The van der Waals surface area contributed by atoms with Crippen molar-refractivity contribution < 1.29 is 4.39 Å². The van der Waals surface area contributed by atoms with Crippen LogP contribution in [0.25, 0.3) is 10.8 Å². The van der Waals surface area contributed by atoms with E-state index in [0.29, 0.717) is 11.5 Å². The Morgan fingerprint density at radius 1 is 1.00 bits per heavy atom. The lowest BCUT2D eigenvalue weighted by atomic mass is 10.1. The van der Waals surface area contributed by atoms with Gasteiger partial charge in [-0.15, -0.1) is 0 Å². The Morgan fingerprint density at radius 3 is 2.58 bits per heavy atom. The first-order valence-corrected chi connectivity index (χ1v) is 5.90. The average Bonchev–Trinajstić information content (AvgIpc) is 2.42. The molecular weight excluding hydrogens is 241 g/mol. The summed E-state index contributed by atoms with van der Waals surface area (Å²) in [6, 6.07) is 13.7. The van der Waals surface area contributed by atoms with E-state index in [4.69, 9.17) is 5.73 Å². The molecule has 19 heavy (non-hydrogen) atoms. The highest BCUT2D eigenvalue weighted by Crippen LogP contribution is 2.28. The monoisotopic (exact) mass is 253 g/mol. The van der Waals surface area contributed by atoms with Crippen LogP contribution in [0.15, 0.2) is 54.7 Å². The lowest BCUT2D eigenvalue weighted by molar-refractivity contribution is 0.628. The number of halogens is 1. The molecule has 0 bridgehead atoms. The number of pyridine rings is 1. The summed E-state index contributed by atoms with van der Waals surface area (Å²) in [5.74, 6) is 0.401. The molecule has 0 unspecified atom stereocenters. The van der Waals surface area contributed by atoms with E-state index in [1.165, 1.54) is 12.1 Å². The lowest BCUT2D eigenvalue weighted by Gasteiger charge is -2.10. The van der Waals surface area contributed by atoms with Gasteiger partial charge in [-0.3, -0.25) is 0 Å². The number of nitrogens with one attached hydrogen (secondary N) is 1. The molecule has 0 aliphatic rings. The number of aromatic nitrogens is 1. The van der Waals surface area contributed by atoms with E-state index >= 15 is 0 Å². The molecule has 0 amide bonds. The molecule has 0 radical (unpaired) electrons. The van der Waals surface area contributed by atoms with Crippen molar-refractivity contribution in [3.8, 4) is 0 Å². The summed E-state index contributed by atoms with van der Waals surface area (Å²) in [4.78, 5) is 4.30. The van der Waals surface area contributed by atoms with Crippen molar-refractivity contribution >= 4 is 28.0 Å². The highest BCUT2D eigenvalue weighted by atomic mass is 19.1. The molecule has 94 valence electrons. The molecule has 0 saturated carbocycles. The Kier molecular flexibility index (Phi) is 2.76. The second-order valence-corrected chi connectivity index (χ2v) is 4.24. The Hall–Kier alpha value is -2.62. The van der Waals surface area contributed by atoms with Gasteiger partial charge in [-0.1, -0.05) is 12.1 Å². The van der Waals surface area contributed by atoms with Gasteiger partial charge < -0.3 is 11.1 Å². The molecule has 2 aromatic carbocycles. The average molecular weight is 253 g/mol. The Morgan fingerprint density at radius 2 is 1.79 bits per heavy atom. The molecule has 0 aliphatic heterocycles. The third-order valence-electron chi connectivity index (χ3n) is 2.93. The first-order valence-electron chi connectivity index (χ1n) is 5.90. The second-order valence-electron chi connectivity index (χ2n) is 4.24. The first kappa shape index (κ1) is 11.5. The highest BCUT2D eigenvalue weighted by Gasteiger charge is 2.05. The fourth-order valence-electron chi connectivity index (χ4n) is 2.02. The van der Waals surface area contributed by atoms with Gasteiger partial charge in [-0.2, -0.15) is 0 Å². The minimum absolute atomic E-state index is 0.268. The maximum atomic E-state index is 12.9. The molecule has 0 spiro atoms. The third-order valence-corrected chi connectivity index (χ3v) is 2.93. The summed E-state index contributed by atoms with van der Waals surface area (Å²) in [5, 5.41) is 5.04. The second kappa shape index (κ2) is 4.57. The zero-order chi connectivity index (χ0) is 13.2. The summed E-state index contributed by atoms with van der Waals surface area (Å²) in [7, 11) is 0. The smallest absolute Gasteiger partial charge is 0.140 e. The number of anilines is 3. The summed E-state index contributed by atoms with van der Waals surface area (Å²) < 4.78 is 12.9. The molecular formula is C15H12FN3. The maximum Gasteiger partial charge on any atom is 0.140 e. The van der Waals surface area contributed by atoms with Crippen LogP contribution in [0.2, 0.25) is 0 Å². The normalized spacial score (nSPS) is 10.6. The van der Waals surface area contributed by atoms with Crippen LogP contribution >= 0.6 is 0 Å². The van der Waals surface area contributed by atoms with E-state index in [1.54, 1.807) is 18.3 Å². The molecule has 0 saturated heterocycles. The van der Waals surface area contributed by atoms with Crippen LogP contribution in [-0.2, 0) is 0 Å². The fourth-order valence-corrected chi connectivity index (χ4v) is 2.02. The molecule has 3 aromatic rings. The molecule has 3 nitrogen and oxygen atoms in total. The van der Waals surface area contributed by atoms with Gasteiger partial charge in [0.05, 0.1) is 0 Å². The van der Waals surface area contributed by atoms with Crippen molar-refractivity contribution in [2.75, 3.05) is 11.1 Å². The van der Waals surface area contributed by atoms with Gasteiger partial charge in [-0.05, 0) is 41.8 Å². The van der Waals surface area contributed by atoms with E-state index in [2.05, 4.69) is 10.3 Å². The van der Waals surface area contributed by atoms with Gasteiger partial charge in [0.25, 0.3) is 0 Å². The number of hydrogen-bond donors (Lipinski definition) is 2. The van der Waals surface area contributed by atoms with E-state index in [0.717, 1.165) is 16.5 Å². The molecule has 0 atom stereocenters. The molecule has 4 heteroatoms. The van der Waals surface area contributed by atoms with Crippen molar-refractivity contribution in [3.63, 3.8) is 0 Å².